The molecule has 0 aliphatic carbocycles. The van der Waals surface area contributed by atoms with Crippen LogP contribution in [0.2, 0.25) is 0 Å². The minimum Gasteiger partial charge on any atom is -0.353 e. The topological polar surface area (TPSA) is 27.7 Å². The number of hydrogen-bond acceptors (Lipinski definition) is 3. The fraction of sp³-hybridized carbons (Fsp3) is 1.00. The molecule has 0 fully saturated rings. The van der Waals surface area contributed by atoms with Gasteiger partial charge in [-0.05, 0) is 208 Å². The fourth-order valence-corrected chi connectivity index (χ4v) is 12.2. The molecule has 14 unspecified atom stereocenters. The molecule has 356 valence electrons. The van der Waals surface area contributed by atoms with Gasteiger partial charge in [-0.25, -0.2) is 0 Å². The zero-order valence-electron chi connectivity index (χ0n) is 42.4. The molecule has 0 aromatic rings. The van der Waals surface area contributed by atoms with Crippen LogP contribution in [0.3, 0.4) is 0 Å². The summed E-state index contributed by atoms with van der Waals surface area (Å²) in [6.45, 7) is 35.8. The van der Waals surface area contributed by atoms with Gasteiger partial charge >= 0.3 is 0 Å². The highest BCUT2D eigenvalue weighted by atomic mass is 127. The summed E-state index contributed by atoms with van der Waals surface area (Å²) in [7, 11) is 0. The molecule has 0 spiro atoms. The Balaban J connectivity index is 4.71. The predicted octanol–water partition coefficient (Wildman–Crippen LogP) is 18.8. The summed E-state index contributed by atoms with van der Waals surface area (Å²) in [4.78, 5) is 0. The first kappa shape index (κ1) is 60.3. The van der Waals surface area contributed by atoms with E-state index in [4.69, 9.17) is 14.2 Å². The molecule has 0 bridgehead atoms. The molecular formula is C54H108I2O3. The Bertz CT molecular complexity index is 833. The number of ether oxygens (including phenoxy) is 3. The molecule has 0 aromatic carbocycles. The SMILES string of the molecule is CCCOC(CCCC(C)CC(C)CC(C)CC(C)CC(C)CC(C)CCCI)OC(CCCC(C)CC(C)CC(C)CC(C)CC(C)CC(C)CCCI)OCCC. The van der Waals surface area contributed by atoms with Crippen molar-refractivity contribution in [1.29, 1.82) is 0 Å². The third kappa shape index (κ3) is 36.3. The highest BCUT2D eigenvalue weighted by Gasteiger charge is 2.22. The second-order valence-corrected chi connectivity index (χ2v) is 24.0. The summed E-state index contributed by atoms with van der Waals surface area (Å²) in [6.07, 6.45) is 27.8. The van der Waals surface area contributed by atoms with Gasteiger partial charge in [-0.2, -0.15) is 0 Å². The molecule has 59 heavy (non-hydrogen) atoms. The minimum absolute atomic E-state index is 0.159. The summed E-state index contributed by atoms with van der Waals surface area (Å²) in [5, 5.41) is 0. The van der Waals surface area contributed by atoms with E-state index < -0.39 is 0 Å². The van der Waals surface area contributed by atoms with Crippen LogP contribution in [0.15, 0.2) is 0 Å². The average molecular weight is 1060 g/mol. The maximum absolute atomic E-state index is 6.65. The first-order chi connectivity index (χ1) is 28.0. The van der Waals surface area contributed by atoms with Crippen LogP contribution < -0.4 is 0 Å². The van der Waals surface area contributed by atoms with Gasteiger partial charge in [0, 0.05) is 13.2 Å². The maximum atomic E-state index is 6.65. The predicted molar refractivity (Wildman–Crippen MR) is 281 cm³/mol. The first-order valence-electron chi connectivity index (χ1n) is 26.0. The molecule has 0 aromatic heterocycles. The van der Waals surface area contributed by atoms with E-state index in [1.54, 1.807) is 0 Å². The van der Waals surface area contributed by atoms with E-state index in [2.05, 4.69) is 142 Å². The van der Waals surface area contributed by atoms with Gasteiger partial charge in [0.1, 0.15) is 0 Å². The van der Waals surface area contributed by atoms with Crippen LogP contribution in [0.4, 0.5) is 0 Å². The maximum Gasteiger partial charge on any atom is 0.160 e. The average Bonchev–Trinajstić information content (AvgIpc) is 3.13. The van der Waals surface area contributed by atoms with Crippen LogP contribution in [0, 0.1) is 71.0 Å². The quantitative estimate of drug-likeness (QED) is 0.0346. The zero-order valence-corrected chi connectivity index (χ0v) is 46.8. The van der Waals surface area contributed by atoms with Crippen molar-refractivity contribution in [2.75, 3.05) is 22.1 Å². The van der Waals surface area contributed by atoms with Gasteiger partial charge in [0.2, 0.25) is 0 Å². The van der Waals surface area contributed by atoms with Crippen LogP contribution in [-0.4, -0.2) is 34.6 Å². The molecule has 0 N–H and O–H groups in total. The van der Waals surface area contributed by atoms with E-state index in [1.165, 1.54) is 112 Å². The minimum atomic E-state index is -0.159. The molecule has 0 aliphatic heterocycles. The third-order valence-corrected chi connectivity index (χ3v) is 14.8. The van der Waals surface area contributed by atoms with Crippen LogP contribution in [0.1, 0.15) is 238 Å². The summed E-state index contributed by atoms with van der Waals surface area (Å²) in [6, 6.07) is 0. The largest absolute Gasteiger partial charge is 0.353 e. The lowest BCUT2D eigenvalue weighted by Gasteiger charge is -2.27. The molecule has 0 rings (SSSR count). The van der Waals surface area contributed by atoms with Gasteiger partial charge < -0.3 is 14.2 Å². The van der Waals surface area contributed by atoms with E-state index >= 15 is 0 Å². The first-order valence-corrected chi connectivity index (χ1v) is 29.1. The number of hydrogen-bond donors (Lipinski definition) is 0. The van der Waals surface area contributed by atoms with Crippen molar-refractivity contribution in [3.63, 3.8) is 0 Å². The van der Waals surface area contributed by atoms with Crippen LogP contribution in [-0.2, 0) is 14.2 Å². The number of rotatable bonds is 42. The second kappa shape index (κ2) is 38.6. The highest BCUT2D eigenvalue weighted by Crippen LogP contribution is 2.32. The van der Waals surface area contributed by atoms with E-state index in [0.717, 1.165) is 123 Å². The van der Waals surface area contributed by atoms with Gasteiger partial charge in [0.05, 0.1) is 0 Å². The monoisotopic (exact) mass is 1060 g/mol. The van der Waals surface area contributed by atoms with Crippen LogP contribution in [0.5, 0.6) is 0 Å². The zero-order chi connectivity index (χ0) is 44.6. The summed E-state index contributed by atoms with van der Waals surface area (Å²) in [5.74, 6) is 9.84. The van der Waals surface area contributed by atoms with Crippen molar-refractivity contribution in [2.45, 2.75) is 251 Å². The Morgan fingerprint density at radius 2 is 0.525 bits per heavy atom. The molecule has 0 aliphatic rings. The Labute approximate surface area is 400 Å². The summed E-state index contributed by atoms with van der Waals surface area (Å²) in [5.41, 5.74) is 0. The molecule has 0 amide bonds. The highest BCUT2D eigenvalue weighted by molar-refractivity contribution is 14.1. The lowest BCUT2D eigenvalue weighted by molar-refractivity contribution is -0.250. The Hall–Kier alpha value is 1.34. The van der Waals surface area contributed by atoms with Crippen LogP contribution in [0.25, 0.3) is 0 Å². The van der Waals surface area contributed by atoms with Gasteiger partial charge in [0.15, 0.2) is 12.6 Å². The lowest BCUT2D eigenvalue weighted by Crippen LogP contribution is -2.28. The molecule has 0 saturated carbocycles. The van der Waals surface area contributed by atoms with Crippen molar-refractivity contribution in [2.24, 2.45) is 71.0 Å². The smallest absolute Gasteiger partial charge is 0.160 e. The molecular weight excluding hydrogens is 950 g/mol. The van der Waals surface area contributed by atoms with E-state index in [1.807, 2.05) is 0 Å². The van der Waals surface area contributed by atoms with Gasteiger partial charge in [0.25, 0.3) is 0 Å². The molecule has 0 saturated heterocycles. The Kier molecular flexibility index (Phi) is 39.5. The second-order valence-electron chi connectivity index (χ2n) is 21.9. The summed E-state index contributed by atoms with van der Waals surface area (Å²) >= 11 is 5.05. The van der Waals surface area contributed by atoms with Crippen LogP contribution >= 0.6 is 45.2 Å². The standard InChI is InChI=1S/C54H108I2O3/c1-15-29-57-53(25-17-21-41(3)31-45(7)35-49(11)39-51(13)37-47(9)33-43(5)23-19-27-55)59-54(58-30-16-2)26-18-22-42(4)32-46(8)36-50(12)40-52(14)38-48(10)34-44(6)24-20-28-56/h41-54H,15-40H2,1-14H3. The normalized spacial score (nSPS) is 19.5. The molecule has 0 heterocycles. The van der Waals surface area contributed by atoms with Crippen molar-refractivity contribution in [1.82, 2.24) is 0 Å². The van der Waals surface area contributed by atoms with Gasteiger partial charge in [-0.15, -0.1) is 0 Å². The molecule has 3 nitrogen and oxygen atoms in total. The van der Waals surface area contributed by atoms with Gasteiger partial charge in [-0.1, -0.05) is 155 Å². The lowest BCUT2D eigenvalue weighted by atomic mass is 9.81. The number of halogens is 2. The third-order valence-electron chi connectivity index (χ3n) is 13.3. The van der Waals surface area contributed by atoms with Crippen molar-refractivity contribution in [3.8, 4) is 0 Å². The Morgan fingerprint density at radius 3 is 0.746 bits per heavy atom. The molecule has 14 atom stereocenters. The van der Waals surface area contributed by atoms with Crippen molar-refractivity contribution < 1.29 is 14.2 Å². The summed E-state index contributed by atoms with van der Waals surface area (Å²) < 4.78 is 21.9. The van der Waals surface area contributed by atoms with Crippen molar-refractivity contribution in [3.05, 3.63) is 0 Å². The molecule has 5 heteroatoms. The Morgan fingerprint density at radius 1 is 0.305 bits per heavy atom. The van der Waals surface area contributed by atoms with Gasteiger partial charge in [-0.3, -0.25) is 0 Å². The molecule has 0 radical (unpaired) electrons. The number of alkyl halides is 2. The fourth-order valence-electron chi connectivity index (χ4n) is 11.3. The van der Waals surface area contributed by atoms with E-state index in [9.17, 15) is 0 Å². The van der Waals surface area contributed by atoms with E-state index in [0.29, 0.717) is 0 Å². The van der Waals surface area contributed by atoms with Crippen molar-refractivity contribution >= 4 is 45.2 Å². The van der Waals surface area contributed by atoms with E-state index in [-0.39, 0.29) is 12.6 Å².